The maximum Gasteiger partial charge on any atom is 0.262 e. The van der Waals surface area contributed by atoms with Gasteiger partial charge in [-0.3, -0.25) is 14.4 Å². The van der Waals surface area contributed by atoms with Gasteiger partial charge in [0.05, 0.1) is 0 Å². The lowest BCUT2D eigenvalue weighted by Gasteiger charge is -2.27. The topological polar surface area (TPSA) is 82.1 Å². The summed E-state index contributed by atoms with van der Waals surface area (Å²) in [5.74, 6) is -1.35. The number of amidine groups is 1. The molecule has 1 saturated heterocycles. The molecule has 0 aromatic heterocycles. The Hall–Kier alpha value is -2.91. The Kier molecular flexibility index (Phi) is 8.07. The fourth-order valence-electron chi connectivity index (χ4n) is 4.02. The van der Waals surface area contributed by atoms with E-state index in [1.807, 2.05) is 0 Å². The summed E-state index contributed by atoms with van der Waals surface area (Å²) >= 11 is 7.42. The van der Waals surface area contributed by atoms with E-state index in [1.54, 1.807) is 37.4 Å². The summed E-state index contributed by atoms with van der Waals surface area (Å²) in [6.45, 7) is 1.81. The largest absolute Gasteiger partial charge is 0.351 e. The highest BCUT2D eigenvalue weighted by Gasteiger charge is 2.33. The second-order valence-corrected chi connectivity index (χ2v) is 10.2. The van der Waals surface area contributed by atoms with Crippen molar-refractivity contribution in [2.24, 2.45) is 4.99 Å². The summed E-state index contributed by atoms with van der Waals surface area (Å²) < 4.78 is 14.0. The van der Waals surface area contributed by atoms with Gasteiger partial charge in [0.15, 0.2) is 5.17 Å². The van der Waals surface area contributed by atoms with Gasteiger partial charge in [0.25, 0.3) is 11.8 Å². The molecule has 2 heterocycles. The zero-order chi connectivity index (χ0) is 24.9. The Bertz CT molecular complexity index is 1130. The SMILES string of the molecule is CN(Cc1c(F)cccc1Cl)C(=O)c1ccc(NC(=O)C[C@@H]2SC(N3CCCCC3)=NC2=O)cc1. The Morgan fingerprint density at radius 3 is 2.57 bits per heavy atom. The van der Waals surface area contributed by atoms with E-state index in [-0.39, 0.29) is 41.3 Å². The lowest BCUT2D eigenvalue weighted by Crippen LogP contribution is -2.33. The molecule has 1 N–H and O–H groups in total. The number of nitrogens with zero attached hydrogens (tertiary/aromatic N) is 3. The first-order valence-corrected chi connectivity index (χ1v) is 12.7. The smallest absolute Gasteiger partial charge is 0.262 e. The lowest BCUT2D eigenvalue weighted by atomic mass is 10.1. The monoisotopic (exact) mass is 516 g/mol. The number of hydrogen-bond donors (Lipinski definition) is 1. The van der Waals surface area contributed by atoms with Crippen LogP contribution in [0.15, 0.2) is 47.5 Å². The first kappa shape index (κ1) is 25.2. The highest BCUT2D eigenvalue weighted by molar-refractivity contribution is 8.15. The number of likely N-dealkylation sites (tertiary alicyclic amines) is 1. The number of hydrogen-bond acceptors (Lipinski definition) is 5. The number of thioether (sulfide) groups is 1. The van der Waals surface area contributed by atoms with E-state index in [0.717, 1.165) is 31.1 Å². The second kappa shape index (κ2) is 11.2. The van der Waals surface area contributed by atoms with Crippen molar-refractivity contribution < 1.29 is 18.8 Å². The number of benzene rings is 2. The van der Waals surface area contributed by atoms with Crippen molar-refractivity contribution in [3.63, 3.8) is 0 Å². The number of aliphatic imine (C=N–C) groups is 1. The normalized spacial score (nSPS) is 17.8. The maximum absolute atomic E-state index is 14.0. The summed E-state index contributed by atoms with van der Waals surface area (Å²) in [6, 6.07) is 10.8. The van der Waals surface area contributed by atoms with Gasteiger partial charge in [0.2, 0.25) is 5.91 Å². The molecule has 2 aliphatic rings. The van der Waals surface area contributed by atoms with Gasteiger partial charge >= 0.3 is 0 Å². The molecule has 184 valence electrons. The molecule has 0 saturated carbocycles. The molecule has 10 heteroatoms. The van der Waals surface area contributed by atoms with E-state index >= 15 is 0 Å². The number of rotatable bonds is 6. The third-order valence-electron chi connectivity index (χ3n) is 5.95. The van der Waals surface area contributed by atoms with Crippen molar-refractivity contribution in [1.29, 1.82) is 0 Å². The minimum Gasteiger partial charge on any atom is -0.351 e. The van der Waals surface area contributed by atoms with Crippen LogP contribution in [0.1, 0.15) is 41.6 Å². The van der Waals surface area contributed by atoms with Crippen LogP contribution < -0.4 is 5.32 Å². The average molecular weight is 517 g/mol. The maximum atomic E-state index is 14.0. The van der Waals surface area contributed by atoms with E-state index in [1.165, 1.54) is 35.2 Å². The number of anilines is 1. The van der Waals surface area contributed by atoms with Gasteiger partial charge in [-0.05, 0) is 55.7 Å². The molecule has 35 heavy (non-hydrogen) atoms. The first-order chi connectivity index (χ1) is 16.8. The molecule has 0 bridgehead atoms. The second-order valence-electron chi connectivity index (χ2n) is 8.58. The van der Waals surface area contributed by atoms with Crippen LogP contribution in [-0.2, 0) is 16.1 Å². The summed E-state index contributed by atoms with van der Waals surface area (Å²) in [7, 11) is 1.57. The van der Waals surface area contributed by atoms with Gasteiger partial charge in [-0.2, -0.15) is 4.99 Å². The van der Waals surface area contributed by atoms with Gasteiger partial charge < -0.3 is 15.1 Å². The quantitative estimate of drug-likeness (QED) is 0.608. The number of amides is 3. The number of piperidine rings is 1. The van der Waals surface area contributed by atoms with Crippen molar-refractivity contribution in [3.8, 4) is 0 Å². The molecule has 0 spiro atoms. The predicted octanol–water partition coefficient (Wildman–Crippen LogP) is 4.56. The molecule has 2 aromatic rings. The minimum absolute atomic E-state index is 0.0250. The van der Waals surface area contributed by atoms with E-state index in [4.69, 9.17) is 11.6 Å². The standard InChI is InChI=1S/C25H26ClFN4O3S/c1-30(15-18-19(26)6-5-7-20(18)27)24(34)16-8-10-17(11-9-16)28-22(32)14-21-23(33)29-25(35-21)31-12-3-2-4-13-31/h5-11,21H,2-4,12-15H2,1H3,(H,28,32)/t21-/m0/s1. The number of carbonyl (C=O) groups excluding carboxylic acids is 3. The third-order valence-corrected chi connectivity index (χ3v) is 7.51. The van der Waals surface area contributed by atoms with Crippen LogP contribution >= 0.6 is 23.4 Å². The van der Waals surface area contributed by atoms with Crippen molar-refractivity contribution in [3.05, 3.63) is 64.4 Å². The zero-order valence-electron chi connectivity index (χ0n) is 19.3. The number of carbonyl (C=O) groups is 3. The summed E-state index contributed by atoms with van der Waals surface area (Å²) in [5.41, 5.74) is 1.15. The van der Waals surface area contributed by atoms with E-state index < -0.39 is 11.1 Å². The third kappa shape index (κ3) is 6.21. The molecule has 2 aromatic carbocycles. The molecular formula is C25H26ClFN4O3S. The van der Waals surface area contributed by atoms with Crippen LogP contribution in [0.3, 0.4) is 0 Å². The van der Waals surface area contributed by atoms with Crippen LogP contribution in [0.2, 0.25) is 5.02 Å². The summed E-state index contributed by atoms with van der Waals surface area (Å²) in [6.07, 6.45) is 3.39. The van der Waals surface area contributed by atoms with Crippen molar-refractivity contribution in [2.45, 2.75) is 37.5 Å². The Morgan fingerprint density at radius 2 is 1.89 bits per heavy atom. The molecule has 0 aliphatic carbocycles. The van der Waals surface area contributed by atoms with Gasteiger partial charge in [-0.15, -0.1) is 0 Å². The van der Waals surface area contributed by atoms with Crippen molar-refractivity contribution in [1.82, 2.24) is 9.80 Å². The lowest BCUT2D eigenvalue weighted by molar-refractivity contribution is -0.121. The Labute approximate surface area is 212 Å². The zero-order valence-corrected chi connectivity index (χ0v) is 20.9. The fourth-order valence-corrected chi connectivity index (χ4v) is 5.36. The summed E-state index contributed by atoms with van der Waals surface area (Å²) in [4.78, 5) is 45.2. The molecule has 0 radical (unpaired) electrons. The van der Waals surface area contributed by atoms with Crippen LogP contribution in [-0.4, -0.2) is 58.1 Å². The highest BCUT2D eigenvalue weighted by Crippen LogP contribution is 2.29. The minimum atomic E-state index is -0.522. The fraction of sp³-hybridized carbons (Fsp3) is 0.360. The average Bonchev–Trinajstić information content (AvgIpc) is 3.22. The molecule has 3 amide bonds. The van der Waals surface area contributed by atoms with E-state index in [0.29, 0.717) is 11.3 Å². The Morgan fingerprint density at radius 1 is 1.17 bits per heavy atom. The van der Waals surface area contributed by atoms with Crippen molar-refractivity contribution >= 4 is 51.9 Å². The van der Waals surface area contributed by atoms with Crippen LogP contribution in [0.4, 0.5) is 10.1 Å². The van der Waals surface area contributed by atoms with Crippen molar-refractivity contribution in [2.75, 3.05) is 25.5 Å². The van der Waals surface area contributed by atoms with E-state index in [9.17, 15) is 18.8 Å². The molecule has 4 rings (SSSR count). The highest BCUT2D eigenvalue weighted by atomic mass is 35.5. The molecule has 7 nitrogen and oxygen atoms in total. The van der Waals surface area contributed by atoms with Crippen LogP contribution in [0, 0.1) is 5.82 Å². The molecule has 1 fully saturated rings. The van der Waals surface area contributed by atoms with Gasteiger partial charge in [0.1, 0.15) is 11.1 Å². The van der Waals surface area contributed by atoms with Crippen LogP contribution in [0.25, 0.3) is 0 Å². The van der Waals surface area contributed by atoms with Gasteiger partial charge in [-0.1, -0.05) is 29.4 Å². The predicted molar refractivity (Wildman–Crippen MR) is 136 cm³/mol. The molecule has 1 atom stereocenters. The Balaban J connectivity index is 1.30. The van der Waals surface area contributed by atoms with E-state index in [2.05, 4.69) is 15.2 Å². The van der Waals surface area contributed by atoms with Crippen LogP contribution in [0.5, 0.6) is 0 Å². The molecule has 2 aliphatic heterocycles. The molecular weight excluding hydrogens is 491 g/mol. The molecule has 0 unspecified atom stereocenters. The van der Waals surface area contributed by atoms with Gasteiger partial charge in [0, 0.05) is 54.9 Å². The summed E-state index contributed by atoms with van der Waals surface area (Å²) in [5, 5.41) is 3.23. The number of nitrogens with one attached hydrogen (secondary N) is 1. The first-order valence-electron chi connectivity index (χ1n) is 11.4. The number of halogens is 2. The van der Waals surface area contributed by atoms with Gasteiger partial charge in [-0.25, -0.2) is 4.39 Å².